The first-order valence-electron chi connectivity index (χ1n) is 3.59. The largest absolute Gasteiger partial charge is 0.412 e. The number of aromatic nitrogens is 1. The zero-order valence-electron chi connectivity index (χ0n) is 6.89. The molecule has 2 nitrogen and oxygen atoms in total. The summed E-state index contributed by atoms with van der Waals surface area (Å²) in [5.41, 5.74) is 0.752. The summed E-state index contributed by atoms with van der Waals surface area (Å²) in [6.45, 7) is 0. The molecule has 0 aliphatic carbocycles. The van der Waals surface area contributed by atoms with Gasteiger partial charge >= 0.3 is 0 Å². The minimum absolute atomic E-state index is 0. The van der Waals surface area contributed by atoms with Crippen LogP contribution in [-0.4, -0.2) is 10.5 Å². The zero-order valence-corrected chi connectivity index (χ0v) is 9.16. The number of benzene rings is 1. The quantitative estimate of drug-likeness (QED) is 0.661. The number of rotatable bonds is 0. The van der Waals surface area contributed by atoms with Crippen molar-refractivity contribution >= 4 is 45.7 Å². The van der Waals surface area contributed by atoms with Gasteiger partial charge in [0, 0.05) is 5.39 Å². The molecule has 0 radical (unpaired) electrons. The van der Waals surface area contributed by atoms with Crippen LogP contribution >= 0.6 is 34.8 Å². The Balaban J connectivity index is 0.000000980. The van der Waals surface area contributed by atoms with Gasteiger partial charge in [-0.25, -0.2) is 4.98 Å². The van der Waals surface area contributed by atoms with Crippen molar-refractivity contribution < 1.29 is 5.48 Å². The molecule has 2 N–H and O–H groups in total. The summed E-state index contributed by atoms with van der Waals surface area (Å²) in [5, 5.41) is 1.82. The summed E-state index contributed by atoms with van der Waals surface area (Å²) in [5.74, 6) is 0. The second-order valence-electron chi connectivity index (χ2n) is 2.55. The minimum Gasteiger partial charge on any atom is -0.412 e. The van der Waals surface area contributed by atoms with Crippen LogP contribution in [0.15, 0.2) is 24.3 Å². The summed E-state index contributed by atoms with van der Waals surface area (Å²) in [6.07, 6.45) is 0. The summed E-state index contributed by atoms with van der Waals surface area (Å²) < 4.78 is 0. The van der Waals surface area contributed by atoms with Crippen molar-refractivity contribution in [2.45, 2.75) is 0 Å². The fraction of sp³-hybridized carbons (Fsp3) is 0. The Morgan fingerprint density at radius 1 is 0.929 bits per heavy atom. The number of hydrogen-bond acceptors (Lipinski definition) is 1. The molecule has 0 saturated carbocycles. The van der Waals surface area contributed by atoms with Crippen LogP contribution < -0.4 is 0 Å². The first-order valence-corrected chi connectivity index (χ1v) is 4.73. The molecule has 2 aromatic rings. The van der Waals surface area contributed by atoms with Gasteiger partial charge < -0.3 is 5.48 Å². The maximum absolute atomic E-state index is 5.97. The van der Waals surface area contributed by atoms with Gasteiger partial charge in [-0.1, -0.05) is 53.0 Å². The Labute approximate surface area is 95.7 Å². The molecule has 0 atom stereocenters. The minimum atomic E-state index is 0. The lowest BCUT2D eigenvalue weighted by Crippen LogP contribution is -1.82. The zero-order chi connectivity index (χ0) is 9.42. The predicted molar refractivity (Wildman–Crippen MR) is 60.4 cm³/mol. The highest BCUT2D eigenvalue weighted by atomic mass is 35.5. The van der Waals surface area contributed by atoms with E-state index in [-0.39, 0.29) is 10.6 Å². The molecule has 0 amide bonds. The molecule has 0 fully saturated rings. The van der Waals surface area contributed by atoms with Crippen molar-refractivity contribution in [2.75, 3.05) is 0 Å². The maximum atomic E-state index is 5.97. The summed E-state index contributed by atoms with van der Waals surface area (Å²) in [4.78, 5) is 4.09. The first-order chi connectivity index (χ1) is 6.20. The van der Waals surface area contributed by atoms with Crippen LogP contribution in [0.3, 0.4) is 0 Å². The topological polar surface area (TPSA) is 44.4 Å². The molecule has 0 aliphatic rings. The fourth-order valence-corrected chi connectivity index (χ4v) is 1.75. The van der Waals surface area contributed by atoms with Crippen LogP contribution in [0.2, 0.25) is 15.2 Å². The highest BCUT2D eigenvalue weighted by Gasteiger charge is 2.08. The van der Waals surface area contributed by atoms with E-state index in [2.05, 4.69) is 4.98 Å². The van der Waals surface area contributed by atoms with E-state index < -0.39 is 0 Å². The molecule has 5 heteroatoms. The van der Waals surface area contributed by atoms with E-state index in [1.54, 1.807) is 0 Å². The molecule has 2 rings (SSSR count). The summed E-state index contributed by atoms with van der Waals surface area (Å²) >= 11 is 17.6. The predicted octanol–water partition coefficient (Wildman–Crippen LogP) is 3.37. The molecule has 74 valence electrons. The average molecular weight is 251 g/mol. The van der Waals surface area contributed by atoms with E-state index in [0.717, 1.165) is 10.9 Å². The van der Waals surface area contributed by atoms with Crippen molar-refractivity contribution in [1.29, 1.82) is 0 Å². The standard InChI is InChI=1S/C9H4Cl3N.H2O/c10-7-5-3-1-2-4-6(5)13-9(12)8(7)11;/h1-4H;1H2. The van der Waals surface area contributed by atoms with E-state index in [9.17, 15) is 0 Å². The van der Waals surface area contributed by atoms with Crippen LogP contribution in [-0.2, 0) is 0 Å². The van der Waals surface area contributed by atoms with Gasteiger partial charge in [0.1, 0.15) is 5.15 Å². The van der Waals surface area contributed by atoms with E-state index in [1.807, 2.05) is 24.3 Å². The molecule has 1 aromatic heterocycles. The number of pyridine rings is 1. The first kappa shape index (κ1) is 11.5. The average Bonchev–Trinajstić information content (AvgIpc) is 2.15. The molecule has 1 heterocycles. The van der Waals surface area contributed by atoms with Gasteiger partial charge in [-0.05, 0) is 6.07 Å². The molecule has 0 aliphatic heterocycles. The van der Waals surface area contributed by atoms with E-state index >= 15 is 0 Å². The Bertz CT molecular complexity index is 473. The number of nitrogens with zero attached hydrogens (tertiary/aromatic N) is 1. The molecule has 0 saturated heterocycles. The molecule has 1 aromatic carbocycles. The van der Waals surface area contributed by atoms with Crippen LogP contribution in [0, 0.1) is 0 Å². The van der Waals surface area contributed by atoms with Gasteiger partial charge in [0.25, 0.3) is 0 Å². The van der Waals surface area contributed by atoms with Gasteiger partial charge in [-0.15, -0.1) is 0 Å². The molecule has 14 heavy (non-hydrogen) atoms. The molecular formula is C9H6Cl3NO. The lowest BCUT2D eigenvalue weighted by molar-refractivity contribution is 0.824. The normalized spacial score (nSPS) is 9.93. The Morgan fingerprint density at radius 3 is 2.29 bits per heavy atom. The van der Waals surface area contributed by atoms with Crippen LogP contribution in [0.4, 0.5) is 0 Å². The maximum Gasteiger partial charge on any atom is 0.149 e. The van der Waals surface area contributed by atoms with Gasteiger partial charge in [0.15, 0.2) is 0 Å². The number of hydrogen-bond donors (Lipinski definition) is 0. The number of halogens is 3. The van der Waals surface area contributed by atoms with Crippen molar-refractivity contribution in [3.63, 3.8) is 0 Å². The third-order valence-electron chi connectivity index (χ3n) is 1.73. The van der Waals surface area contributed by atoms with Crippen molar-refractivity contribution in [1.82, 2.24) is 4.98 Å². The van der Waals surface area contributed by atoms with E-state index in [4.69, 9.17) is 34.8 Å². The summed E-state index contributed by atoms with van der Waals surface area (Å²) in [7, 11) is 0. The SMILES string of the molecule is Clc1nc2ccccc2c(Cl)c1Cl.O. The van der Waals surface area contributed by atoms with Gasteiger partial charge in [0.2, 0.25) is 0 Å². The molecule has 0 bridgehead atoms. The monoisotopic (exact) mass is 249 g/mol. The highest BCUT2D eigenvalue weighted by molar-refractivity contribution is 6.49. The summed E-state index contributed by atoms with van der Waals surface area (Å²) in [6, 6.07) is 7.44. The smallest absolute Gasteiger partial charge is 0.149 e. The van der Waals surface area contributed by atoms with Crippen molar-refractivity contribution in [3.05, 3.63) is 39.5 Å². The van der Waals surface area contributed by atoms with Crippen LogP contribution in [0.5, 0.6) is 0 Å². The second kappa shape index (κ2) is 4.32. The van der Waals surface area contributed by atoms with Crippen molar-refractivity contribution in [2.24, 2.45) is 0 Å². The third-order valence-corrected chi connectivity index (χ3v) is 2.96. The fourth-order valence-electron chi connectivity index (χ4n) is 1.12. The van der Waals surface area contributed by atoms with Crippen LogP contribution in [0.25, 0.3) is 10.9 Å². The van der Waals surface area contributed by atoms with Gasteiger partial charge in [-0.3, -0.25) is 0 Å². The van der Waals surface area contributed by atoms with E-state index in [1.165, 1.54) is 0 Å². The third kappa shape index (κ3) is 1.79. The Hall–Kier alpha value is -0.540. The van der Waals surface area contributed by atoms with Crippen LogP contribution in [0.1, 0.15) is 0 Å². The Morgan fingerprint density at radius 2 is 1.57 bits per heavy atom. The number of para-hydroxylation sites is 1. The number of fused-ring (bicyclic) bond motifs is 1. The highest BCUT2D eigenvalue weighted by Crippen LogP contribution is 2.34. The second-order valence-corrected chi connectivity index (χ2v) is 3.66. The lowest BCUT2D eigenvalue weighted by Gasteiger charge is -2.02. The molecule has 0 spiro atoms. The lowest BCUT2D eigenvalue weighted by atomic mass is 10.2. The van der Waals surface area contributed by atoms with E-state index in [0.29, 0.717) is 10.0 Å². The van der Waals surface area contributed by atoms with Gasteiger partial charge in [-0.2, -0.15) is 0 Å². The van der Waals surface area contributed by atoms with Gasteiger partial charge in [0.05, 0.1) is 15.6 Å². The Kier molecular flexibility index (Phi) is 3.56. The van der Waals surface area contributed by atoms with Crippen molar-refractivity contribution in [3.8, 4) is 0 Å². The molecular weight excluding hydrogens is 244 g/mol. The molecule has 0 unspecified atom stereocenters.